The van der Waals surface area contributed by atoms with Crippen LogP contribution in [0.5, 0.6) is 5.75 Å². The number of benzene rings is 3. The number of carbonyl (C=O) groups excluding carboxylic acids is 4. The lowest BCUT2D eigenvalue weighted by Crippen LogP contribution is -2.53. The molecule has 2 N–H and O–H groups in total. The number of hydrogen-bond acceptors (Lipinski definition) is 8. The number of carbonyl (C=O) groups is 4. The molecule has 10 nitrogen and oxygen atoms in total. The molecule has 4 amide bonds. The fraction of sp³-hybridized carbons (Fsp3) is 0.293. The van der Waals surface area contributed by atoms with E-state index in [1.165, 1.54) is 7.05 Å². The van der Waals surface area contributed by atoms with Crippen LogP contribution in [0, 0.1) is 37.5 Å². The van der Waals surface area contributed by atoms with Gasteiger partial charge in [-0.2, -0.15) is 23.2 Å². The SMILES string of the molecule is Cc1ccc(NN2C(=O)[C@@H]3C[C@@H]4C(=CC[C@@H]5C(=O)N(N(C)c6nc(C(F)(F)F)ccc6Cl)C(=O)[C@@H]54)[C@H](c4cccc(C)c4O)[C@]3(c3ccccc3)C2=O)cc1. The Morgan fingerprint density at radius 3 is 2.29 bits per heavy atom. The Morgan fingerprint density at radius 1 is 0.891 bits per heavy atom. The van der Waals surface area contributed by atoms with Crippen molar-refractivity contribution in [2.45, 2.75) is 44.2 Å². The van der Waals surface area contributed by atoms with E-state index in [0.717, 1.165) is 26.7 Å². The highest BCUT2D eigenvalue weighted by Gasteiger charge is 2.71. The van der Waals surface area contributed by atoms with Crippen molar-refractivity contribution in [1.29, 1.82) is 0 Å². The Labute approximate surface area is 319 Å². The number of phenolic OH excluding ortho intramolecular Hbond substituents is 1. The van der Waals surface area contributed by atoms with E-state index in [1.54, 1.807) is 67.6 Å². The second-order valence-corrected chi connectivity index (χ2v) is 15.0. The number of fused-ring (bicyclic) bond motifs is 4. The summed E-state index contributed by atoms with van der Waals surface area (Å²) in [5.74, 6) is -7.74. The summed E-state index contributed by atoms with van der Waals surface area (Å²) in [4.78, 5) is 62.5. The van der Waals surface area contributed by atoms with Gasteiger partial charge < -0.3 is 5.11 Å². The Bertz CT molecular complexity index is 2300. The van der Waals surface area contributed by atoms with E-state index in [2.05, 4.69) is 10.4 Å². The van der Waals surface area contributed by atoms with Crippen molar-refractivity contribution < 1.29 is 37.5 Å². The highest BCUT2D eigenvalue weighted by molar-refractivity contribution is 6.33. The number of anilines is 2. The molecule has 0 unspecified atom stereocenters. The molecule has 4 aromatic rings. The third kappa shape index (κ3) is 5.42. The van der Waals surface area contributed by atoms with Gasteiger partial charge in [-0.3, -0.25) is 29.6 Å². The van der Waals surface area contributed by atoms with Crippen LogP contribution in [0.2, 0.25) is 5.02 Å². The summed E-state index contributed by atoms with van der Waals surface area (Å²) in [7, 11) is 1.25. The summed E-state index contributed by atoms with van der Waals surface area (Å²) in [5.41, 5.74) is 3.74. The standard InChI is InChI=1S/C41H35ClF3N5O5/c1-21-12-14-24(15-13-21)47-49-37(53)29-20-28-25(33(27-11-7-8-22(2)34(27)51)40(29,39(49)55)23-9-5-4-6-10-23)16-17-26-32(28)38(54)50(36(26)52)48(3)35-30(42)18-19-31(46-35)41(43,44)45/h4-16,18-19,26,28-29,32-33,47,51H,17,20H2,1-3H3/t26-,28+,29-,32-,33+,40+/m0/s1. The average molecular weight is 770 g/mol. The van der Waals surface area contributed by atoms with Crippen LogP contribution in [0.4, 0.5) is 24.7 Å². The molecule has 3 aromatic carbocycles. The summed E-state index contributed by atoms with van der Waals surface area (Å²) < 4.78 is 41.0. The first-order valence-electron chi connectivity index (χ1n) is 17.8. The van der Waals surface area contributed by atoms with Gasteiger partial charge in [0.1, 0.15) is 11.4 Å². The van der Waals surface area contributed by atoms with Crippen LogP contribution in [0.3, 0.4) is 0 Å². The maximum absolute atomic E-state index is 15.3. The largest absolute Gasteiger partial charge is 0.507 e. The zero-order valence-corrected chi connectivity index (χ0v) is 30.6. The molecule has 1 aromatic heterocycles. The predicted molar refractivity (Wildman–Crippen MR) is 196 cm³/mol. The second kappa shape index (κ2) is 13.0. The number of aromatic hydroxyl groups is 1. The van der Waals surface area contributed by atoms with Crippen LogP contribution < -0.4 is 10.4 Å². The van der Waals surface area contributed by atoms with E-state index in [0.29, 0.717) is 34.0 Å². The molecule has 14 heteroatoms. The summed E-state index contributed by atoms with van der Waals surface area (Å²) in [6, 6.07) is 23.0. The molecular formula is C41H35ClF3N5O5. The molecule has 8 rings (SSSR count). The molecule has 0 bridgehead atoms. The van der Waals surface area contributed by atoms with Gasteiger partial charge in [-0.25, -0.2) is 4.98 Å². The van der Waals surface area contributed by atoms with Crippen LogP contribution in [0.15, 0.2) is 96.6 Å². The molecule has 2 aliphatic heterocycles. The Balaban J connectivity index is 1.28. The Kier molecular flexibility index (Phi) is 8.56. The third-order valence-electron chi connectivity index (χ3n) is 11.7. The van der Waals surface area contributed by atoms with Crippen LogP contribution in [-0.2, 0) is 30.8 Å². The van der Waals surface area contributed by atoms with Gasteiger partial charge in [0.2, 0.25) is 0 Å². The summed E-state index contributed by atoms with van der Waals surface area (Å²) in [6.07, 6.45) is -2.94. The van der Waals surface area contributed by atoms with E-state index in [1.807, 2.05) is 25.1 Å². The Hall–Kier alpha value is -5.69. The molecular weight excluding hydrogens is 735 g/mol. The van der Waals surface area contributed by atoms with E-state index in [9.17, 15) is 32.7 Å². The van der Waals surface area contributed by atoms with E-state index in [-0.39, 0.29) is 23.6 Å². The van der Waals surface area contributed by atoms with Crippen molar-refractivity contribution in [2.24, 2.45) is 23.7 Å². The molecule has 282 valence electrons. The maximum Gasteiger partial charge on any atom is 0.433 e. The highest BCUT2D eigenvalue weighted by Crippen LogP contribution is 2.65. The van der Waals surface area contributed by atoms with Crippen molar-refractivity contribution in [1.82, 2.24) is 15.0 Å². The van der Waals surface area contributed by atoms with Crippen molar-refractivity contribution in [2.75, 3.05) is 17.5 Å². The highest BCUT2D eigenvalue weighted by atomic mass is 35.5. The van der Waals surface area contributed by atoms with Gasteiger partial charge in [-0.05, 0) is 68.0 Å². The molecule has 2 aliphatic carbocycles. The molecule has 1 saturated carbocycles. The van der Waals surface area contributed by atoms with Crippen LogP contribution in [0.1, 0.15) is 46.7 Å². The summed E-state index contributed by atoms with van der Waals surface area (Å²) in [6.45, 7) is 3.64. The van der Waals surface area contributed by atoms with Gasteiger partial charge >= 0.3 is 6.18 Å². The number of alkyl halides is 3. The number of rotatable bonds is 6. The van der Waals surface area contributed by atoms with Crippen molar-refractivity contribution in [3.05, 3.63) is 130 Å². The molecule has 0 radical (unpaired) electrons. The van der Waals surface area contributed by atoms with Crippen LogP contribution in [-0.4, -0.2) is 50.8 Å². The number of aryl methyl sites for hydroxylation is 2. The summed E-state index contributed by atoms with van der Waals surface area (Å²) >= 11 is 6.30. The van der Waals surface area contributed by atoms with E-state index >= 15 is 4.79 Å². The first-order chi connectivity index (χ1) is 26.2. The average Bonchev–Trinajstić information content (AvgIpc) is 3.54. The first kappa shape index (κ1) is 36.3. The van der Waals surface area contributed by atoms with E-state index < -0.39 is 76.3 Å². The van der Waals surface area contributed by atoms with Gasteiger partial charge in [-0.1, -0.05) is 89.5 Å². The minimum Gasteiger partial charge on any atom is -0.507 e. The smallest absolute Gasteiger partial charge is 0.433 e. The lowest BCUT2D eigenvalue weighted by molar-refractivity contribution is -0.142. The van der Waals surface area contributed by atoms with Crippen molar-refractivity contribution in [3.8, 4) is 5.75 Å². The zero-order chi connectivity index (χ0) is 39.1. The van der Waals surface area contributed by atoms with Crippen LogP contribution >= 0.6 is 11.6 Å². The van der Waals surface area contributed by atoms with Gasteiger partial charge in [0.15, 0.2) is 5.82 Å². The van der Waals surface area contributed by atoms with Crippen molar-refractivity contribution in [3.63, 3.8) is 0 Å². The van der Waals surface area contributed by atoms with Gasteiger partial charge in [0.05, 0.1) is 33.9 Å². The number of aromatic nitrogens is 1. The number of phenols is 1. The fourth-order valence-corrected chi connectivity index (χ4v) is 9.42. The number of para-hydroxylation sites is 1. The predicted octanol–water partition coefficient (Wildman–Crippen LogP) is 7.11. The normalized spacial score (nSPS) is 26.1. The van der Waals surface area contributed by atoms with E-state index in [4.69, 9.17) is 11.6 Å². The molecule has 0 spiro atoms. The summed E-state index contributed by atoms with van der Waals surface area (Å²) in [5, 5.41) is 14.3. The number of hydrazine groups is 2. The topological polar surface area (TPSA) is 123 Å². The number of halogens is 4. The maximum atomic E-state index is 15.3. The minimum atomic E-state index is -4.82. The zero-order valence-electron chi connectivity index (χ0n) is 29.8. The van der Waals surface area contributed by atoms with Gasteiger partial charge in [-0.15, -0.1) is 0 Å². The molecule has 6 atom stereocenters. The fourth-order valence-electron chi connectivity index (χ4n) is 9.20. The van der Waals surface area contributed by atoms with Gasteiger partial charge in [0.25, 0.3) is 23.6 Å². The molecule has 55 heavy (non-hydrogen) atoms. The molecule has 3 heterocycles. The van der Waals surface area contributed by atoms with Crippen molar-refractivity contribution >= 4 is 46.7 Å². The number of pyridine rings is 1. The number of nitrogens with one attached hydrogen (secondary N) is 1. The lowest BCUT2D eigenvalue weighted by Gasteiger charge is -2.50. The molecule has 4 aliphatic rings. The second-order valence-electron chi connectivity index (χ2n) is 14.6. The molecule has 3 fully saturated rings. The van der Waals surface area contributed by atoms with Crippen LogP contribution in [0.25, 0.3) is 0 Å². The Morgan fingerprint density at radius 2 is 1.60 bits per heavy atom. The minimum absolute atomic E-state index is 0.0131. The number of amides is 4. The lowest BCUT2D eigenvalue weighted by atomic mass is 9.49. The first-order valence-corrected chi connectivity index (χ1v) is 18.1. The molecule has 2 saturated heterocycles. The third-order valence-corrected chi connectivity index (χ3v) is 12.0. The number of hydrogen-bond donors (Lipinski definition) is 2. The quantitative estimate of drug-likeness (QED) is 0.157. The number of nitrogens with zero attached hydrogens (tertiary/aromatic N) is 4. The number of imide groups is 2. The number of allylic oxidation sites excluding steroid dienone is 2. The monoisotopic (exact) mass is 769 g/mol. The van der Waals surface area contributed by atoms with Gasteiger partial charge in [0, 0.05) is 18.5 Å².